The van der Waals surface area contributed by atoms with Crippen LogP contribution in [-0.4, -0.2) is 28.7 Å². The average molecular weight is 286 g/mol. The quantitative estimate of drug-likeness (QED) is 0.618. The highest BCUT2D eigenvalue weighted by Crippen LogP contribution is 2.08. The first kappa shape index (κ1) is 15.1. The van der Waals surface area contributed by atoms with Gasteiger partial charge in [-0.15, -0.1) is 0 Å². The van der Waals surface area contributed by atoms with Crippen molar-refractivity contribution in [3.63, 3.8) is 0 Å². The van der Waals surface area contributed by atoms with Crippen LogP contribution in [0.15, 0.2) is 24.3 Å². The number of rotatable bonds is 6. The summed E-state index contributed by atoms with van der Waals surface area (Å²) in [6.07, 6.45) is 0.746. The van der Waals surface area contributed by atoms with Crippen molar-refractivity contribution in [1.82, 2.24) is 5.32 Å². The molecule has 0 amide bonds. The summed E-state index contributed by atoms with van der Waals surface area (Å²) in [5, 5.41) is 6.71. The van der Waals surface area contributed by atoms with Gasteiger partial charge < -0.3 is 10.6 Å². The Morgan fingerprint density at radius 2 is 2.06 bits per heavy atom. The van der Waals surface area contributed by atoms with Crippen LogP contribution in [0.3, 0.4) is 0 Å². The first-order chi connectivity index (χ1) is 8.61. The number of nitrogens with one attached hydrogen (secondary N) is 2. The van der Waals surface area contributed by atoms with E-state index >= 15 is 0 Å². The summed E-state index contributed by atoms with van der Waals surface area (Å²) >= 11 is 3.96. The number of benzene rings is 1. The van der Waals surface area contributed by atoms with Crippen molar-refractivity contribution < 1.29 is 8.39 Å². The predicted molar refractivity (Wildman–Crippen MR) is 80.0 cm³/mol. The molecule has 2 N–H and O–H groups in total. The predicted octanol–water partition coefficient (Wildman–Crippen LogP) is 1.98. The highest BCUT2D eigenvalue weighted by Gasteiger charge is 1.99. The van der Waals surface area contributed by atoms with E-state index in [1.807, 2.05) is 31.2 Å². The van der Waals surface area contributed by atoms with Gasteiger partial charge in [0.1, 0.15) is 0 Å². The fourth-order valence-corrected chi connectivity index (χ4v) is 2.05. The van der Waals surface area contributed by atoms with Gasteiger partial charge in [0.2, 0.25) is 0 Å². The lowest BCUT2D eigenvalue weighted by molar-refractivity contribution is 0.444. The number of hydrogen-bond acceptors (Lipinski definition) is 3. The zero-order valence-electron chi connectivity index (χ0n) is 10.6. The van der Waals surface area contributed by atoms with E-state index in [4.69, 9.17) is 12.2 Å². The van der Waals surface area contributed by atoms with Gasteiger partial charge in [0.15, 0.2) is 16.2 Å². The van der Waals surface area contributed by atoms with Crippen LogP contribution in [0, 0.1) is 6.92 Å². The summed E-state index contributed by atoms with van der Waals surface area (Å²) in [6.45, 7) is 2.71. The Labute approximate surface area is 116 Å². The van der Waals surface area contributed by atoms with Crippen LogP contribution >= 0.6 is 12.2 Å². The maximum Gasteiger partial charge on any atom is 0.170 e. The monoisotopic (exact) mass is 286 g/mol. The second-order valence-electron chi connectivity index (χ2n) is 3.78. The van der Waals surface area contributed by atoms with Crippen molar-refractivity contribution in [2.24, 2.45) is 0 Å². The zero-order chi connectivity index (χ0) is 13.4. The number of anilines is 1. The van der Waals surface area contributed by atoms with Crippen LogP contribution in [0.1, 0.15) is 12.0 Å². The summed E-state index contributed by atoms with van der Waals surface area (Å²) < 4.78 is 15.7. The van der Waals surface area contributed by atoms with Crippen molar-refractivity contribution in [3.8, 4) is 0 Å². The van der Waals surface area contributed by atoms with Crippen LogP contribution in [0.5, 0.6) is 0 Å². The van der Waals surface area contributed by atoms with E-state index < -0.39 is 11.1 Å². The molecule has 0 spiro atoms. The topological polar surface area (TPSA) is 50.4 Å². The zero-order valence-corrected chi connectivity index (χ0v) is 12.2. The highest BCUT2D eigenvalue weighted by molar-refractivity contribution is 7.80. The molecular weight excluding hydrogens is 268 g/mol. The second kappa shape index (κ2) is 8.18. The lowest BCUT2D eigenvalue weighted by atomic mass is 10.2. The average Bonchev–Trinajstić information content (AvgIpc) is 2.37. The second-order valence-corrected chi connectivity index (χ2v) is 5.53. The van der Waals surface area contributed by atoms with Crippen LogP contribution in [0.4, 0.5) is 5.69 Å². The molecule has 4 nitrogen and oxygen atoms in total. The van der Waals surface area contributed by atoms with E-state index in [9.17, 15) is 4.21 Å². The molecule has 100 valence electrons. The van der Waals surface area contributed by atoms with E-state index in [0.717, 1.165) is 12.1 Å². The third kappa shape index (κ3) is 6.09. The Hall–Kier alpha value is -0.980. The van der Waals surface area contributed by atoms with Crippen molar-refractivity contribution in [3.05, 3.63) is 29.8 Å². The Bertz CT molecular complexity index is 407. The molecule has 0 saturated heterocycles. The Morgan fingerprint density at radius 3 is 2.67 bits per heavy atom. The molecule has 0 heterocycles. The molecule has 0 saturated carbocycles. The molecule has 1 atom stereocenters. The Kier molecular flexibility index (Phi) is 6.85. The van der Waals surface area contributed by atoms with Gasteiger partial charge in [0.05, 0.1) is 12.9 Å². The minimum Gasteiger partial charge on any atom is -0.362 e. The summed E-state index contributed by atoms with van der Waals surface area (Å²) in [7, 11) is 1.44. The molecule has 1 aromatic carbocycles. The van der Waals surface area contributed by atoms with E-state index in [1.54, 1.807) is 0 Å². The normalized spacial score (nSPS) is 11.9. The van der Waals surface area contributed by atoms with Crippen molar-refractivity contribution in [2.45, 2.75) is 13.3 Å². The van der Waals surface area contributed by atoms with Gasteiger partial charge in [0, 0.05) is 12.2 Å². The fraction of sp³-hybridized carbons (Fsp3) is 0.417. The molecule has 0 radical (unpaired) electrons. The molecule has 1 unspecified atom stereocenters. The SMILES string of the molecule is COS(=O)CCCNC(=S)Nc1ccc(C)cc1. The molecule has 0 aliphatic rings. The molecule has 0 aromatic heterocycles. The lowest BCUT2D eigenvalue weighted by Gasteiger charge is -2.10. The van der Waals surface area contributed by atoms with Crippen LogP contribution in [-0.2, 0) is 15.3 Å². The van der Waals surface area contributed by atoms with E-state index in [2.05, 4.69) is 14.8 Å². The summed E-state index contributed by atoms with van der Waals surface area (Å²) in [5.41, 5.74) is 2.17. The summed E-state index contributed by atoms with van der Waals surface area (Å²) in [6, 6.07) is 7.99. The van der Waals surface area contributed by atoms with Crippen LogP contribution in [0.2, 0.25) is 0 Å². The molecule has 0 aliphatic heterocycles. The maximum absolute atomic E-state index is 11.0. The van der Waals surface area contributed by atoms with Gasteiger partial charge in [-0.1, -0.05) is 17.7 Å². The van der Waals surface area contributed by atoms with Gasteiger partial charge in [0.25, 0.3) is 0 Å². The highest BCUT2D eigenvalue weighted by atomic mass is 32.2. The van der Waals surface area contributed by atoms with Crippen molar-refractivity contribution >= 4 is 34.1 Å². The van der Waals surface area contributed by atoms with E-state index in [1.165, 1.54) is 12.7 Å². The Balaban J connectivity index is 2.21. The molecule has 0 aliphatic carbocycles. The number of hydrogen-bond donors (Lipinski definition) is 2. The van der Waals surface area contributed by atoms with Gasteiger partial charge in [-0.25, -0.2) is 4.21 Å². The standard InChI is InChI=1S/C12H18N2O2S2/c1-10-4-6-11(7-5-10)14-12(17)13-8-3-9-18(15)16-2/h4-7H,3,8-9H2,1-2H3,(H2,13,14,17). The molecule has 18 heavy (non-hydrogen) atoms. The first-order valence-corrected chi connectivity index (χ1v) is 7.31. The van der Waals surface area contributed by atoms with E-state index in [0.29, 0.717) is 17.4 Å². The van der Waals surface area contributed by atoms with Gasteiger partial charge in [-0.2, -0.15) is 0 Å². The molecule has 6 heteroatoms. The minimum absolute atomic E-state index is 0.511. The van der Waals surface area contributed by atoms with Crippen molar-refractivity contribution in [2.75, 3.05) is 24.7 Å². The fourth-order valence-electron chi connectivity index (χ4n) is 1.29. The van der Waals surface area contributed by atoms with E-state index in [-0.39, 0.29) is 0 Å². The third-order valence-electron chi connectivity index (χ3n) is 2.27. The molecular formula is C12H18N2O2S2. The first-order valence-electron chi connectivity index (χ1n) is 5.66. The maximum atomic E-state index is 11.0. The van der Waals surface area contributed by atoms with Gasteiger partial charge >= 0.3 is 0 Å². The smallest absolute Gasteiger partial charge is 0.170 e. The molecule has 1 aromatic rings. The number of thiocarbonyl (C=S) groups is 1. The van der Waals surface area contributed by atoms with Gasteiger partial charge in [-0.05, 0) is 37.7 Å². The largest absolute Gasteiger partial charge is 0.362 e. The van der Waals surface area contributed by atoms with Crippen LogP contribution in [0.25, 0.3) is 0 Å². The van der Waals surface area contributed by atoms with Gasteiger partial charge in [-0.3, -0.25) is 4.18 Å². The minimum atomic E-state index is -1.19. The Morgan fingerprint density at radius 1 is 1.39 bits per heavy atom. The van der Waals surface area contributed by atoms with Crippen LogP contribution < -0.4 is 10.6 Å². The number of aryl methyl sites for hydroxylation is 1. The summed E-state index contributed by atoms with van der Waals surface area (Å²) in [5.74, 6) is 0.511. The molecule has 0 bridgehead atoms. The molecule has 1 rings (SSSR count). The van der Waals surface area contributed by atoms with Crippen molar-refractivity contribution in [1.29, 1.82) is 0 Å². The molecule has 0 fully saturated rings. The lowest BCUT2D eigenvalue weighted by Crippen LogP contribution is -2.29. The summed E-state index contributed by atoms with van der Waals surface area (Å²) in [4.78, 5) is 0. The third-order valence-corrected chi connectivity index (χ3v) is 3.51.